The molecule has 5 heteroatoms. The van der Waals surface area contributed by atoms with Gasteiger partial charge in [0.25, 0.3) is 0 Å². The maximum atomic E-state index is 13.1. The molecule has 4 rings (SSSR count). The molecule has 2 aromatic carbocycles. The molecular formula is C25H32N4O. The Labute approximate surface area is 179 Å². The van der Waals surface area contributed by atoms with Crippen LogP contribution in [0, 0.1) is 20.8 Å². The zero-order valence-corrected chi connectivity index (χ0v) is 18.8. The van der Waals surface area contributed by atoms with Gasteiger partial charge in [-0.25, -0.2) is 4.98 Å². The topological polar surface area (TPSA) is 41.4 Å². The fraction of sp³-hybridized carbons (Fsp3) is 0.440. The minimum Gasteiger partial charge on any atom is -0.328 e. The van der Waals surface area contributed by atoms with Crippen molar-refractivity contribution >= 4 is 22.6 Å². The van der Waals surface area contributed by atoms with E-state index in [0.29, 0.717) is 13.0 Å². The van der Waals surface area contributed by atoms with Crippen molar-refractivity contribution in [1.82, 2.24) is 14.5 Å². The van der Waals surface area contributed by atoms with Gasteiger partial charge in [0, 0.05) is 31.1 Å². The predicted octanol–water partition coefficient (Wildman–Crippen LogP) is 4.43. The van der Waals surface area contributed by atoms with Crippen LogP contribution >= 0.6 is 0 Å². The molecular weight excluding hydrogens is 372 g/mol. The molecule has 0 N–H and O–H groups in total. The Kier molecular flexibility index (Phi) is 5.65. The van der Waals surface area contributed by atoms with E-state index in [0.717, 1.165) is 36.5 Å². The van der Waals surface area contributed by atoms with E-state index in [1.54, 1.807) is 0 Å². The number of nitrogens with zero attached hydrogens (tertiary/aromatic N) is 4. The molecule has 158 valence electrons. The second-order valence-electron chi connectivity index (χ2n) is 8.92. The second kappa shape index (κ2) is 8.23. The number of imidazole rings is 1. The fourth-order valence-corrected chi connectivity index (χ4v) is 4.88. The molecule has 1 aromatic heterocycles. The summed E-state index contributed by atoms with van der Waals surface area (Å²) >= 11 is 0. The first-order valence-electron chi connectivity index (χ1n) is 10.8. The molecule has 1 fully saturated rings. The third kappa shape index (κ3) is 3.86. The van der Waals surface area contributed by atoms with E-state index in [9.17, 15) is 4.79 Å². The van der Waals surface area contributed by atoms with Gasteiger partial charge in [0.05, 0.1) is 11.0 Å². The summed E-state index contributed by atoms with van der Waals surface area (Å²) in [6, 6.07) is 12.7. The van der Waals surface area contributed by atoms with Crippen LogP contribution in [-0.2, 0) is 11.3 Å². The number of carbonyl (C=O) groups is 1. The van der Waals surface area contributed by atoms with Crippen LogP contribution in [0.4, 0.5) is 5.69 Å². The van der Waals surface area contributed by atoms with Crippen LogP contribution < -0.4 is 4.90 Å². The molecule has 5 nitrogen and oxygen atoms in total. The second-order valence-corrected chi connectivity index (χ2v) is 8.92. The molecule has 0 bridgehead atoms. The van der Waals surface area contributed by atoms with Crippen LogP contribution in [0.1, 0.15) is 41.3 Å². The fourth-order valence-electron chi connectivity index (χ4n) is 4.88. The lowest BCUT2D eigenvalue weighted by Crippen LogP contribution is -2.26. The summed E-state index contributed by atoms with van der Waals surface area (Å²) < 4.78 is 2.34. The molecule has 1 aliphatic heterocycles. The van der Waals surface area contributed by atoms with Crippen molar-refractivity contribution in [2.75, 3.05) is 32.1 Å². The molecule has 30 heavy (non-hydrogen) atoms. The van der Waals surface area contributed by atoms with E-state index in [4.69, 9.17) is 4.98 Å². The summed E-state index contributed by atoms with van der Waals surface area (Å²) in [7, 11) is 4.21. The molecule has 0 unspecified atom stereocenters. The monoisotopic (exact) mass is 404 g/mol. The lowest BCUT2D eigenvalue weighted by molar-refractivity contribution is -0.117. The van der Waals surface area contributed by atoms with Crippen LogP contribution in [0.3, 0.4) is 0 Å². The zero-order valence-electron chi connectivity index (χ0n) is 18.8. The Hall–Kier alpha value is -2.66. The van der Waals surface area contributed by atoms with Crippen molar-refractivity contribution in [3.8, 4) is 0 Å². The Balaban J connectivity index is 1.67. The minimum atomic E-state index is 0.115. The van der Waals surface area contributed by atoms with Crippen LogP contribution in [0.25, 0.3) is 11.0 Å². The number of carbonyl (C=O) groups excluding carboxylic acids is 1. The summed E-state index contributed by atoms with van der Waals surface area (Å²) in [6.07, 6.45) is 1.57. The van der Waals surface area contributed by atoms with Crippen molar-refractivity contribution in [1.29, 1.82) is 0 Å². The quantitative estimate of drug-likeness (QED) is 0.610. The van der Waals surface area contributed by atoms with E-state index in [2.05, 4.69) is 74.7 Å². The van der Waals surface area contributed by atoms with Crippen molar-refractivity contribution in [2.24, 2.45) is 0 Å². The van der Waals surface area contributed by atoms with Gasteiger partial charge >= 0.3 is 0 Å². The standard InChI is InChI=1S/C25H32N4O/c1-17-13-18(2)24(19(3)14-17)29-16-20(15-23(29)30)25-26-21-9-6-7-10-22(21)28(25)12-8-11-27(4)5/h6-7,9-10,13-14,20H,8,11-12,15-16H2,1-5H3/t20-/m0/s1. The number of para-hydroxylation sites is 2. The summed E-state index contributed by atoms with van der Waals surface area (Å²) in [5.74, 6) is 1.36. The van der Waals surface area contributed by atoms with Gasteiger partial charge in [0.1, 0.15) is 5.82 Å². The average molecular weight is 405 g/mol. The van der Waals surface area contributed by atoms with E-state index < -0.39 is 0 Å². The number of aromatic nitrogens is 2. The Morgan fingerprint density at radius 3 is 2.50 bits per heavy atom. The van der Waals surface area contributed by atoms with Crippen LogP contribution in [0.2, 0.25) is 0 Å². The maximum Gasteiger partial charge on any atom is 0.227 e. The molecule has 2 heterocycles. The lowest BCUT2D eigenvalue weighted by atomic mass is 10.0. The summed E-state index contributed by atoms with van der Waals surface area (Å²) in [5, 5.41) is 0. The predicted molar refractivity (Wildman–Crippen MR) is 123 cm³/mol. The van der Waals surface area contributed by atoms with Gasteiger partial charge < -0.3 is 14.4 Å². The van der Waals surface area contributed by atoms with Crippen LogP contribution in [0.5, 0.6) is 0 Å². The smallest absolute Gasteiger partial charge is 0.227 e. The molecule has 0 radical (unpaired) electrons. The van der Waals surface area contributed by atoms with E-state index >= 15 is 0 Å². The first kappa shape index (κ1) is 20.6. The number of hydrogen-bond donors (Lipinski definition) is 0. The summed E-state index contributed by atoms with van der Waals surface area (Å²) in [5.41, 5.74) is 6.83. The van der Waals surface area contributed by atoms with Gasteiger partial charge in [0.2, 0.25) is 5.91 Å². The first-order chi connectivity index (χ1) is 14.3. The highest BCUT2D eigenvalue weighted by Crippen LogP contribution is 2.36. The maximum absolute atomic E-state index is 13.1. The van der Waals surface area contributed by atoms with Crippen molar-refractivity contribution in [3.05, 3.63) is 58.9 Å². The molecule has 1 aliphatic rings. The number of hydrogen-bond acceptors (Lipinski definition) is 3. The highest BCUT2D eigenvalue weighted by Gasteiger charge is 2.36. The third-order valence-electron chi connectivity index (χ3n) is 6.07. The largest absolute Gasteiger partial charge is 0.328 e. The molecule has 1 amide bonds. The zero-order chi connectivity index (χ0) is 21.4. The van der Waals surface area contributed by atoms with Gasteiger partial charge in [-0.3, -0.25) is 4.79 Å². The van der Waals surface area contributed by atoms with Gasteiger partial charge in [-0.05, 0) is 71.1 Å². The average Bonchev–Trinajstić information content (AvgIpc) is 3.22. The van der Waals surface area contributed by atoms with Gasteiger partial charge in [-0.15, -0.1) is 0 Å². The molecule has 0 aliphatic carbocycles. The van der Waals surface area contributed by atoms with Crippen molar-refractivity contribution < 1.29 is 4.79 Å². The SMILES string of the molecule is Cc1cc(C)c(N2C[C@@H](c3nc4ccccc4n3CCCN(C)C)CC2=O)c(C)c1. The molecule has 3 aromatic rings. The third-order valence-corrected chi connectivity index (χ3v) is 6.07. The number of amides is 1. The van der Waals surface area contributed by atoms with Gasteiger partial charge in [-0.1, -0.05) is 29.8 Å². The van der Waals surface area contributed by atoms with Crippen LogP contribution in [-0.4, -0.2) is 47.5 Å². The molecule has 0 spiro atoms. The lowest BCUT2D eigenvalue weighted by Gasteiger charge is -2.22. The molecule has 1 atom stereocenters. The molecule has 0 saturated carbocycles. The molecule has 1 saturated heterocycles. The summed E-state index contributed by atoms with van der Waals surface area (Å²) in [6.45, 7) is 8.96. The Bertz CT molecular complexity index is 1060. The highest BCUT2D eigenvalue weighted by molar-refractivity contribution is 5.98. The number of rotatable bonds is 6. The van der Waals surface area contributed by atoms with Gasteiger partial charge in [-0.2, -0.15) is 0 Å². The number of fused-ring (bicyclic) bond motifs is 1. The van der Waals surface area contributed by atoms with E-state index in [-0.39, 0.29) is 11.8 Å². The van der Waals surface area contributed by atoms with E-state index in [1.807, 2.05) is 11.0 Å². The highest BCUT2D eigenvalue weighted by atomic mass is 16.2. The van der Waals surface area contributed by atoms with Crippen molar-refractivity contribution in [3.63, 3.8) is 0 Å². The Morgan fingerprint density at radius 2 is 1.80 bits per heavy atom. The Morgan fingerprint density at radius 1 is 1.10 bits per heavy atom. The number of benzene rings is 2. The first-order valence-corrected chi connectivity index (χ1v) is 10.8. The minimum absolute atomic E-state index is 0.115. The van der Waals surface area contributed by atoms with E-state index in [1.165, 1.54) is 22.2 Å². The normalized spacial score (nSPS) is 16.9. The number of aryl methyl sites for hydroxylation is 4. The van der Waals surface area contributed by atoms with Crippen LogP contribution in [0.15, 0.2) is 36.4 Å². The van der Waals surface area contributed by atoms with Crippen molar-refractivity contribution in [2.45, 2.75) is 46.1 Å². The summed E-state index contributed by atoms with van der Waals surface area (Å²) in [4.78, 5) is 22.2. The van der Waals surface area contributed by atoms with Gasteiger partial charge in [0.15, 0.2) is 0 Å². The number of anilines is 1.